The second kappa shape index (κ2) is 7.83. The third kappa shape index (κ3) is 4.21. The summed E-state index contributed by atoms with van der Waals surface area (Å²) in [7, 11) is 1.52. The molecule has 0 unspecified atom stereocenters. The van der Waals surface area contributed by atoms with Crippen LogP contribution in [-0.4, -0.2) is 22.0 Å². The zero-order chi connectivity index (χ0) is 19.4. The molecule has 0 aliphatic rings. The highest BCUT2D eigenvalue weighted by atomic mass is 35.5. The third-order valence-corrected chi connectivity index (χ3v) is 3.72. The molecule has 3 aromatic rings. The second-order valence-corrected chi connectivity index (χ2v) is 5.57. The standard InChI is InChI=1S/C17H12ClFN4O4/c1-26-11-3-5-12(6-4-11)27-17-15(23(24)25)16(20-9-21-17)22-10-2-7-14(19)13(18)8-10/h2-9H,1H3,(H,20,21,22). The molecule has 0 radical (unpaired) electrons. The van der Waals surface area contributed by atoms with Crippen molar-refractivity contribution in [2.75, 3.05) is 12.4 Å². The van der Waals surface area contributed by atoms with Crippen molar-refractivity contribution >= 4 is 28.8 Å². The van der Waals surface area contributed by atoms with Crippen molar-refractivity contribution in [3.63, 3.8) is 0 Å². The fraction of sp³-hybridized carbons (Fsp3) is 0.0588. The van der Waals surface area contributed by atoms with Crippen LogP contribution in [0.4, 0.5) is 21.6 Å². The van der Waals surface area contributed by atoms with Crippen molar-refractivity contribution in [2.24, 2.45) is 0 Å². The minimum absolute atomic E-state index is 0.124. The maximum Gasteiger partial charge on any atom is 0.373 e. The zero-order valence-corrected chi connectivity index (χ0v) is 14.6. The summed E-state index contributed by atoms with van der Waals surface area (Å²) in [5.41, 5.74) is -0.160. The van der Waals surface area contributed by atoms with Crippen LogP contribution in [0.2, 0.25) is 5.02 Å². The number of nitrogens with one attached hydrogen (secondary N) is 1. The summed E-state index contributed by atoms with van der Waals surface area (Å²) in [6.45, 7) is 0. The molecule has 1 heterocycles. The van der Waals surface area contributed by atoms with Crippen LogP contribution in [0.1, 0.15) is 0 Å². The van der Waals surface area contributed by atoms with E-state index in [2.05, 4.69) is 15.3 Å². The highest BCUT2D eigenvalue weighted by Crippen LogP contribution is 2.36. The number of methoxy groups -OCH3 is 1. The molecule has 27 heavy (non-hydrogen) atoms. The van der Waals surface area contributed by atoms with E-state index in [1.165, 1.54) is 19.2 Å². The molecule has 10 heteroatoms. The first-order valence-corrected chi connectivity index (χ1v) is 7.89. The van der Waals surface area contributed by atoms with Crippen molar-refractivity contribution in [2.45, 2.75) is 0 Å². The summed E-state index contributed by atoms with van der Waals surface area (Å²) in [5, 5.41) is 14.1. The highest BCUT2D eigenvalue weighted by molar-refractivity contribution is 6.31. The van der Waals surface area contributed by atoms with E-state index in [0.29, 0.717) is 17.2 Å². The number of hydrogen-bond acceptors (Lipinski definition) is 7. The molecule has 0 saturated heterocycles. The molecule has 0 bridgehead atoms. The molecule has 3 rings (SSSR count). The summed E-state index contributed by atoms with van der Waals surface area (Å²) in [5.74, 6) is -0.0524. The first kappa shape index (κ1) is 18.3. The molecule has 0 aliphatic carbocycles. The predicted molar refractivity (Wildman–Crippen MR) is 96.4 cm³/mol. The van der Waals surface area contributed by atoms with Gasteiger partial charge in [-0.25, -0.2) is 9.37 Å². The lowest BCUT2D eigenvalue weighted by atomic mass is 10.3. The lowest BCUT2D eigenvalue weighted by Crippen LogP contribution is -2.03. The van der Waals surface area contributed by atoms with Crippen LogP contribution in [0, 0.1) is 15.9 Å². The van der Waals surface area contributed by atoms with E-state index in [0.717, 1.165) is 12.4 Å². The Morgan fingerprint density at radius 2 is 1.85 bits per heavy atom. The number of rotatable bonds is 6. The van der Waals surface area contributed by atoms with Crippen molar-refractivity contribution < 1.29 is 18.8 Å². The van der Waals surface area contributed by atoms with E-state index in [4.69, 9.17) is 21.1 Å². The van der Waals surface area contributed by atoms with Gasteiger partial charge in [0.1, 0.15) is 23.6 Å². The molecule has 138 valence electrons. The maximum atomic E-state index is 13.3. The normalized spacial score (nSPS) is 10.3. The Labute approximate surface area is 157 Å². The Morgan fingerprint density at radius 3 is 2.48 bits per heavy atom. The van der Waals surface area contributed by atoms with E-state index in [9.17, 15) is 14.5 Å². The topological polar surface area (TPSA) is 99.4 Å². The Balaban J connectivity index is 1.94. The van der Waals surface area contributed by atoms with Crippen LogP contribution in [0.25, 0.3) is 0 Å². The first-order valence-electron chi connectivity index (χ1n) is 7.51. The van der Waals surface area contributed by atoms with Gasteiger partial charge >= 0.3 is 11.6 Å². The Hall–Kier alpha value is -3.46. The Kier molecular flexibility index (Phi) is 5.32. The first-order chi connectivity index (χ1) is 13.0. The molecule has 0 fully saturated rings. The molecular formula is C17H12ClFN4O4. The monoisotopic (exact) mass is 390 g/mol. The van der Waals surface area contributed by atoms with Gasteiger partial charge in [0, 0.05) is 5.69 Å². The van der Waals surface area contributed by atoms with Crippen molar-refractivity contribution in [1.82, 2.24) is 9.97 Å². The number of benzene rings is 2. The Bertz CT molecular complexity index is 985. The number of nitrogens with zero attached hydrogens (tertiary/aromatic N) is 3. The number of nitro groups is 1. The molecule has 0 aliphatic heterocycles. The minimum Gasteiger partial charge on any atom is -0.497 e. The number of ether oxygens (including phenoxy) is 2. The SMILES string of the molecule is COc1ccc(Oc2ncnc(Nc3ccc(F)c(Cl)c3)c2[N+](=O)[O-])cc1. The van der Waals surface area contributed by atoms with Crippen molar-refractivity contribution in [1.29, 1.82) is 0 Å². The molecule has 1 aromatic heterocycles. The van der Waals surface area contributed by atoms with Crippen molar-refractivity contribution in [3.05, 3.63) is 69.7 Å². The van der Waals surface area contributed by atoms with E-state index in [1.54, 1.807) is 24.3 Å². The fourth-order valence-electron chi connectivity index (χ4n) is 2.16. The summed E-state index contributed by atoms with van der Waals surface area (Å²) < 4.78 is 23.8. The third-order valence-electron chi connectivity index (χ3n) is 3.43. The smallest absolute Gasteiger partial charge is 0.373 e. The van der Waals surface area contributed by atoms with Crippen LogP contribution in [0.5, 0.6) is 17.4 Å². The van der Waals surface area contributed by atoms with E-state index in [1.807, 2.05) is 0 Å². The second-order valence-electron chi connectivity index (χ2n) is 5.16. The zero-order valence-electron chi connectivity index (χ0n) is 13.8. The van der Waals surface area contributed by atoms with Crippen LogP contribution in [-0.2, 0) is 0 Å². The van der Waals surface area contributed by atoms with Crippen LogP contribution in [0.15, 0.2) is 48.8 Å². The van der Waals surface area contributed by atoms with Gasteiger partial charge in [0.05, 0.1) is 17.1 Å². The van der Waals surface area contributed by atoms with Crippen LogP contribution >= 0.6 is 11.6 Å². The van der Waals surface area contributed by atoms with Gasteiger partial charge in [-0.1, -0.05) is 11.6 Å². The lowest BCUT2D eigenvalue weighted by molar-refractivity contribution is -0.385. The molecule has 2 aromatic carbocycles. The molecule has 1 N–H and O–H groups in total. The molecule has 0 amide bonds. The average Bonchev–Trinajstić information content (AvgIpc) is 2.65. The lowest BCUT2D eigenvalue weighted by Gasteiger charge is -2.10. The van der Waals surface area contributed by atoms with Gasteiger partial charge < -0.3 is 14.8 Å². The van der Waals surface area contributed by atoms with Crippen LogP contribution in [0.3, 0.4) is 0 Å². The Morgan fingerprint density at radius 1 is 1.15 bits per heavy atom. The molecule has 0 saturated carbocycles. The summed E-state index contributed by atoms with van der Waals surface area (Å²) >= 11 is 5.73. The van der Waals surface area contributed by atoms with Crippen molar-refractivity contribution in [3.8, 4) is 17.4 Å². The van der Waals surface area contributed by atoms with Gasteiger partial charge in [0.15, 0.2) is 0 Å². The number of aromatic nitrogens is 2. The van der Waals surface area contributed by atoms with E-state index >= 15 is 0 Å². The predicted octanol–water partition coefficient (Wildman–Crippen LogP) is 4.72. The summed E-state index contributed by atoms with van der Waals surface area (Å²) in [6.07, 6.45) is 1.11. The van der Waals surface area contributed by atoms with Gasteiger partial charge in [-0.3, -0.25) is 10.1 Å². The van der Waals surface area contributed by atoms with Gasteiger partial charge in [-0.05, 0) is 42.5 Å². The number of hydrogen-bond donors (Lipinski definition) is 1. The van der Waals surface area contributed by atoms with Gasteiger partial charge in [0.25, 0.3) is 0 Å². The van der Waals surface area contributed by atoms with E-state index in [-0.39, 0.29) is 16.7 Å². The maximum absolute atomic E-state index is 13.3. The van der Waals surface area contributed by atoms with Crippen LogP contribution < -0.4 is 14.8 Å². The quantitative estimate of drug-likeness (QED) is 0.480. The minimum atomic E-state index is -0.674. The largest absolute Gasteiger partial charge is 0.497 e. The molecule has 0 atom stereocenters. The highest BCUT2D eigenvalue weighted by Gasteiger charge is 2.25. The number of halogens is 2. The summed E-state index contributed by atoms with van der Waals surface area (Å²) in [4.78, 5) is 18.6. The molecule has 0 spiro atoms. The average molecular weight is 391 g/mol. The molecule has 8 nitrogen and oxygen atoms in total. The van der Waals surface area contributed by atoms with Gasteiger partial charge in [-0.15, -0.1) is 0 Å². The van der Waals surface area contributed by atoms with Gasteiger partial charge in [-0.2, -0.15) is 4.98 Å². The summed E-state index contributed by atoms with van der Waals surface area (Å²) in [6, 6.07) is 10.2. The molecular weight excluding hydrogens is 379 g/mol. The van der Waals surface area contributed by atoms with E-state index < -0.39 is 16.4 Å². The number of anilines is 2. The van der Waals surface area contributed by atoms with Gasteiger partial charge in [0.2, 0.25) is 5.82 Å². The fourth-order valence-corrected chi connectivity index (χ4v) is 2.34.